The molecule has 0 aliphatic carbocycles. The molecule has 1 fully saturated rings. The Hall–Kier alpha value is -1.47. The molecule has 0 aromatic carbocycles. The minimum atomic E-state index is -0.667. The number of carbonyl (C=O) groups is 1. The monoisotopic (exact) mass is 343 g/mol. The number of hydrogen-bond donors (Lipinski definition) is 3. The Bertz CT molecular complexity index is 328. The zero-order chi connectivity index (χ0) is 18.8. The molecule has 1 aliphatic heterocycles. The summed E-state index contributed by atoms with van der Waals surface area (Å²) in [5.74, 6) is 0.208. The lowest BCUT2D eigenvalue weighted by Gasteiger charge is -2.24. The highest BCUT2D eigenvalue weighted by Gasteiger charge is 2.24. The lowest BCUT2D eigenvalue weighted by molar-refractivity contribution is -0.125. The second-order valence-corrected chi connectivity index (χ2v) is 5.32. The van der Waals surface area contributed by atoms with Crippen molar-refractivity contribution in [3.05, 3.63) is 38.1 Å². The third-order valence-corrected chi connectivity index (χ3v) is 3.56. The molecular formula is C18H33NO5. The number of carbonyl (C=O) groups excluding carboxylic acids is 1. The highest BCUT2D eigenvalue weighted by atomic mass is 16.5. The number of amides is 1. The zero-order valence-corrected chi connectivity index (χ0v) is 14.8. The summed E-state index contributed by atoms with van der Waals surface area (Å²) in [6, 6.07) is 0. The van der Waals surface area contributed by atoms with Gasteiger partial charge in [-0.25, -0.2) is 0 Å². The Kier molecular flexibility index (Phi) is 16.9. The van der Waals surface area contributed by atoms with Crippen LogP contribution in [0, 0.1) is 5.41 Å². The average Bonchev–Trinajstić information content (AvgIpc) is 3.04. The Morgan fingerprint density at radius 2 is 1.62 bits per heavy atom. The molecule has 0 aromatic heterocycles. The SMILES string of the molecule is C=CCOCC=C.C=CN1CCCC1=O.CCC(CO)(CO)CO. The minimum absolute atomic E-state index is 0.156. The largest absolute Gasteiger partial charge is 0.396 e. The van der Waals surface area contributed by atoms with E-state index in [4.69, 9.17) is 20.1 Å². The second kappa shape index (κ2) is 16.4. The summed E-state index contributed by atoms with van der Waals surface area (Å²) in [6.07, 6.45) is 7.30. The fourth-order valence-corrected chi connectivity index (χ4v) is 1.58. The molecule has 1 rings (SSSR count). The van der Waals surface area contributed by atoms with Crippen molar-refractivity contribution in [2.45, 2.75) is 26.2 Å². The van der Waals surface area contributed by atoms with Crippen LogP contribution in [0.4, 0.5) is 0 Å². The molecule has 0 unspecified atom stereocenters. The maximum atomic E-state index is 10.7. The van der Waals surface area contributed by atoms with Gasteiger partial charge in [0, 0.05) is 18.4 Å². The van der Waals surface area contributed by atoms with Crippen LogP contribution in [0.2, 0.25) is 0 Å². The van der Waals surface area contributed by atoms with E-state index >= 15 is 0 Å². The predicted octanol–water partition coefficient (Wildman–Crippen LogP) is 1.49. The molecule has 0 aromatic rings. The minimum Gasteiger partial charge on any atom is -0.396 e. The molecule has 0 radical (unpaired) electrons. The van der Waals surface area contributed by atoms with Gasteiger partial charge in [-0.3, -0.25) is 4.79 Å². The van der Waals surface area contributed by atoms with Crippen LogP contribution in [-0.4, -0.2) is 65.7 Å². The molecule has 0 bridgehead atoms. The van der Waals surface area contributed by atoms with E-state index in [0.717, 1.165) is 13.0 Å². The molecule has 6 heteroatoms. The predicted molar refractivity (Wildman–Crippen MR) is 96.3 cm³/mol. The number of likely N-dealkylation sites (tertiary alicyclic amines) is 1. The van der Waals surface area contributed by atoms with E-state index in [1.54, 1.807) is 23.3 Å². The van der Waals surface area contributed by atoms with Crippen LogP contribution in [0.15, 0.2) is 38.1 Å². The Balaban J connectivity index is 0. The van der Waals surface area contributed by atoms with Gasteiger partial charge in [0.1, 0.15) is 0 Å². The summed E-state index contributed by atoms with van der Waals surface area (Å²) >= 11 is 0. The summed E-state index contributed by atoms with van der Waals surface area (Å²) in [7, 11) is 0. The average molecular weight is 343 g/mol. The van der Waals surface area contributed by atoms with Gasteiger partial charge in [0.2, 0.25) is 5.91 Å². The highest BCUT2D eigenvalue weighted by Crippen LogP contribution is 2.18. The van der Waals surface area contributed by atoms with Gasteiger partial charge < -0.3 is 25.0 Å². The normalized spacial score (nSPS) is 13.3. The first-order valence-electron chi connectivity index (χ1n) is 8.04. The van der Waals surface area contributed by atoms with E-state index in [-0.39, 0.29) is 25.7 Å². The summed E-state index contributed by atoms with van der Waals surface area (Å²) in [5, 5.41) is 26.0. The van der Waals surface area contributed by atoms with Crippen LogP contribution < -0.4 is 0 Å². The van der Waals surface area contributed by atoms with Gasteiger partial charge >= 0.3 is 0 Å². The lowest BCUT2D eigenvalue weighted by atomic mass is 9.88. The Morgan fingerprint density at radius 1 is 1.12 bits per heavy atom. The van der Waals surface area contributed by atoms with E-state index in [1.807, 2.05) is 6.92 Å². The van der Waals surface area contributed by atoms with Crippen molar-refractivity contribution in [2.24, 2.45) is 5.41 Å². The van der Waals surface area contributed by atoms with Crippen LogP contribution in [-0.2, 0) is 9.53 Å². The molecular weight excluding hydrogens is 310 g/mol. The molecule has 0 spiro atoms. The first-order valence-corrected chi connectivity index (χ1v) is 8.04. The number of aliphatic hydroxyl groups is 3. The van der Waals surface area contributed by atoms with Crippen LogP contribution in [0.5, 0.6) is 0 Å². The third-order valence-electron chi connectivity index (χ3n) is 3.56. The number of aliphatic hydroxyl groups excluding tert-OH is 3. The van der Waals surface area contributed by atoms with Crippen LogP contribution in [0.25, 0.3) is 0 Å². The van der Waals surface area contributed by atoms with Gasteiger partial charge in [-0.1, -0.05) is 25.7 Å². The van der Waals surface area contributed by atoms with Gasteiger partial charge in [0.05, 0.1) is 33.0 Å². The molecule has 140 valence electrons. The summed E-state index contributed by atoms with van der Waals surface area (Å²) < 4.78 is 4.90. The van der Waals surface area contributed by atoms with Crippen LogP contribution in [0.1, 0.15) is 26.2 Å². The van der Waals surface area contributed by atoms with Crippen molar-refractivity contribution in [2.75, 3.05) is 39.6 Å². The van der Waals surface area contributed by atoms with E-state index < -0.39 is 5.41 Å². The fourth-order valence-electron chi connectivity index (χ4n) is 1.58. The van der Waals surface area contributed by atoms with E-state index in [1.165, 1.54) is 0 Å². The lowest BCUT2D eigenvalue weighted by Crippen LogP contribution is -2.32. The van der Waals surface area contributed by atoms with Crippen LogP contribution in [0.3, 0.4) is 0 Å². The zero-order valence-electron chi connectivity index (χ0n) is 14.8. The second-order valence-electron chi connectivity index (χ2n) is 5.32. The van der Waals surface area contributed by atoms with E-state index in [0.29, 0.717) is 26.1 Å². The summed E-state index contributed by atoms with van der Waals surface area (Å²) in [5.41, 5.74) is -0.667. The Labute approximate surface area is 145 Å². The van der Waals surface area contributed by atoms with Crippen molar-refractivity contribution in [1.29, 1.82) is 0 Å². The molecule has 0 atom stereocenters. The number of rotatable bonds is 9. The maximum Gasteiger partial charge on any atom is 0.226 e. The highest BCUT2D eigenvalue weighted by molar-refractivity contribution is 5.78. The van der Waals surface area contributed by atoms with E-state index in [2.05, 4.69) is 19.7 Å². The number of hydrogen-bond acceptors (Lipinski definition) is 5. The molecule has 0 saturated carbocycles. The van der Waals surface area contributed by atoms with Crippen molar-refractivity contribution < 1.29 is 24.9 Å². The molecule has 1 aliphatic rings. The van der Waals surface area contributed by atoms with Crippen molar-refractivity contribution in [1.82, 2.24) is 4.90 Å². The van der Waals surface area contributed by atoms with Crippen molar-refractivity contribution in [3.63, 3.8) is 0 Å². The van der Waals surface area contributed by atoms with Crippen molar-refractivity contribution >= 4 is 5.91 Å². The van der Waals surface area contributed by atoms with E-state index in [9.17, 15) is 4.79 Å². The van der Waals surface area contributed by atoms with Gasteiger partial charge in [0.15, 0.2) is 0 Å². The molecule has 3 N–H and O–H groups in total. The molecule has 1 heterocycles. The maximum absolute atomic E-state index is 10.7. The number of nitrogens with zero attached hydrogens (tertiary/aromatic N) is 1. The molecule has 1 amide bonds. The van der Waals surface area contributed by atoms with Crippen LogP contribution >= 0.6 is 0 Å². The van der Waals surface area contributed by atoms with Gasteiger partial charge in [-0.2, -0.15) is 0 Å². The summed E-state index contributed by atoms with van der Waals surface area (Å²) in [4.78, 5) is 12.3. The van der Waals surface area contributed by atoms with Crippen molar-refractivity contribution in [3.8, 4) is 0 Å². The van der Waals surface area contributed by atoms with Gasteiger partial charge in [-0.05, 0) is 19.0 Å². The quantitative estimate of drug-likeness (QED) is 0.436. The smallest absolute Gasteiger partial charge is 0.226 e. The molecule has 6 nitrogen and oxygen atoms in total. The van der Waals surface area contributed by atoms with Gasteiger partial charge in [-0.15, -0.1) is 13.2 Å². The topological polar surface area (TPSA) is 90.2 Å². The number of ether oxygens (including phenoxy) is 1. The summed E-state index contributed by atoms with van der Waals surface area (Å²) in [6.45, 7) is 13.9. The fraction of sp³-hybridized carbons (Fsp3) is 0.611. The standard InChI is InChI=1S/C6H9NO.C6H14O3.C6H10O/c1-2-7-5-3-4-6(7)8;1-2-6(3-7,4-8)5-9;1-3-5-7-6-4-2/h2H,1,3-5H2;7-9H,2-5H2,1H3;3-4H,1-2,5-6H2. The first-order chi connectivity index (χ1) is 11.5. The third kappa shape index (κ3) is 11.1. The Morgan fingerprint density at radius 3 is 1.79 bits per heavy atom. The first kappa shape index (κ1) is 24.8. The van der Waals surface area contributed by atoms with Gasteiger partial charge in [0.25, 0.3) is 0 Å². The molecule has 1 saturated heterocycles. The molecule has 24 heavy (non-hydrogen) atoms.